The first kappa shape index (κ1) is 12.5. The maximum Gasteiger partial charge on any atom is 0.306 e. The van der Waals surface area contributed by atoms with Crippen molar-refractivity contribution in [3.05, 3.63) is 0 Å². The van der Waals surface area contributed by atoms with Gasteiger partial charge in [-0.2, -0.15) is 4.80 Å². The zero-order valence-electron chi connectivity index (χ0n) is 10.0. The Morgan fingerprint density at radius 3 is 2.39 bits per heavy atom. The van der Waals surface area contributed by atoms with Gasteiger partial charge in [0.05, 0.1) is 13.0 Å². The van der Waals surface area contributed by atoms with Crippen molar-refractivity contribution in [3.8, 4) is 0 Å². The molecule has 2 N–H and O–H groups in total. The van der Waals surface area contributed by atoms with Crippen molar-refractivity contribution in [2.75, 3.05) is 5.32 Å². The van der Waals surface area contributed by atoms with Crippen molar-refractivity contribution in [3.63, 3.8) is 0 Å². The number of nitrogens with zero attached hydrogens (tertiary/aromatic N) is 4. The predicted octanol–water partition coefficient (Wildman–Crippen LogP) is 0.0396. The molecule has 1 saturated carbocycles. The topological polar surface area (TPSA) is 110 Å². The number of carboxylic acid groups (broad SMARTS) is 1. The number of carbonyl (C=O) groups excluding carboxylic acids is 1. The van der Waals surface area contributed by atoms with E-state index in [2.05, 4.69) is 20.7 Å². The fourth-order valence-electron chi connectivity index (χ4n) is 2.15. The summed E-state index contributed by atoms with van der Waals surface area (Å²) in [4.78, 5) is 23.9. The molecule has 8 nitrogen and oxygen atoms in total. The van der Waals surface area contributed by atoms with E-state index in [1.165, 1.54) is 4.80 Å². The molecule has 0 spiro atoms. The van der Waals surface area contributed by atoms with Crippen LogP contribution in [0.4, 0.5) is 5.95 Å². The predicted molar refractivity (Wildman–Crippen MR) is 60.5 cm³/mol. The third kappa shape index (κ3) is 2.82. The molecular formula is C10H15N5O3. The molecule has 0 bridgehead atoms. The van der Waals surface area contributed by atoms with E-state index in [4.69, 9.17) is 5.11 Å². The SMILES string of the molecule is Cn1nnc(NC(=O)C2CCC(C(=O)O)CC2)n1. The Kier molecular flexibility index (Phi) is 3.54. The lowest BCUT2D eigenvalue weighted by Crippen LogP contribution is -2.29. The highest BCUT2D eigenvalue weighted by molar-refractivity contribution is 5.91. The molecule has 0 atom stereocenters. The zero-order valence-corrected chi connectivity index (χ0v) is 10.0. The highest BCUT2D eigenvalue weighted by Gasteiger charge is 2.30. The lowest BCUT2D eigenvalue weighted by molar-refractivity contribution is -0.143. The van der Waals surface area contributed by atoms with Crippen LogP contribution in [0.3, 0.4) is 0 Å². The van der Waals surface area contributed by atoms with Crippen molar-refractivity contribution >= 4 is 17.8 Å². The molecule has 1 fully saturated rings. The summed E-state index contributed by atoms with van der Waals surface area (Å²) >= 11 is 0. The molecule has 1 aliphatic carbocycles. The number of carbonyl (C=O) groups is 2. The third-order valence-corrected chi connectivity index (χ3v) is 3.19. The standard InChI is InChI=1S/C10H15N5O3/c1-15-13-10(12-14-15)11-8(16)6-2-4-7(5-3-6)9(17)18/h6-7H,2-5H2,1H3,(H,17,18)(H,11,13,16). The number of hydrogen-bond acceptors (Lipinski definition) is 5. The second-order valence-corrected chi connectivity index (χ2v) is 4.48. The van der Waals surface area contributed by atoms with Crippen LogP contribution in [0, 0.1) is 11.8 Å². The number of anilines is 1. The first-order valence-electron chi connectivity index (χ1n) is 5.84. The van der Waals surface area contributed by atoms with Gasteiger partial charge in [0.25, 0.3) is 5.95 Å². The quantitative estimate of drug-likeness (QED) is 0.787. The van der Waals surface area contributed by atoms with Crippen molar-refractivity contribution < 1.29 is 14.7 Å². The van der Waals surface area contributed by atoms with E-state index in [1.54, 1.807) is 7.05 Å². The summed E-state index contributed by atoms with van der Waals surface area (Å²) in [5.74, 6) is -1.23. The Balaban J connectivity index is 1.86. The molecule has 0 aliphatic heterocycles. The number of aryl methyl sites for hydroxylation is 1. The minimum absolute atomic E-state index is 0.160. The summed E-state index contributed by atoms with van der Waals surface area (Å²) in [6.07, 6.45) is 2.26. The van der Waals surface area contributed by atoms with Gasteiger partial charge < -0.3 is 5.11 Å². The smallest absolute Gasteiger partial charge is 0.306 e. The van der Waals surface area contributed by atoms with Crippen LogP contribution in [0.2, 0.25) is 0 Å². The average molecular weight is 253 g/mol. The van der Waals surface area contributed by atoms with E-state index in [9.17, 15) is 9.59 Å². The summed E-state index contributed by atoms with van der Waals surface area (Å²) in [5.41, 5.74) is 0. The van der Waals surface area contributed by atoms with Crippen molar-refractivity contribution in [2.24, 2.45) is 18.9 Å². The summed E-state index contributed by atoms with van der Waals surface area (Å²) in [7, 11) is 1.61. The van der Waals surface area contributed by atoms with E-state index >= 15 is 0 Å². The lowest BCUT2D eigenvalue weighted by Gasteiger charge is -2.24. The second-order valence-electron chi connectivity index (χ2n) is 4.48. The Hall–Kier alpha value is -1.99. The van der Waals surface area contributed by atoms with Crippen LogP contribution in [-0.4, -0.2) is 37.2 Å². The minimum Gasteiger partial charge on any atom is -0.481 e. The van der Waals surface area contributed by atoms with Gasteiger partial charge in [-0.25, -0.2) is 0 Å². The van der Waals surface area contributed by atoms with Crippen molar-refractivity contribution in [2.45, 2.75) is 25.7 Å². The fourth-order valence-corrected chi connectivity index (χ4v) is 2.15. The monoisotopic (exact) mass is 253 g/mol. The van der Waals surface area contributed by atoms with Crippen LogP contribution in [0.1, 0.15) is 25.7 Å². The van der Waals surface area contributed by atoms with Gasteiger partial charge in [-0.3, -0.25) is 14.9 Å². The number of aliphatic carboxylic acids is 1. The molecule has 0 saturated heterocycles. The van der Waals surface area contributed by atoms with Gasteiger partial charge in [-0.05, 0) is 30.9 Å². The molecule has 0 unspecified atom stereocenters. The van der Waals surface area contributed by atoms with Crippen LogP contribution in [-0.2, 0) is 16.6 Å². The van der Waals surface area contributed by atoms with E-state index in [0.717, 1.165) is 0 Å². The molecule has 0 aromatic carbocycles. The van der Waals surface area contributed by atoms with Gasteiger partial charge in [0.2, 0.25) is 5.91 Å². The van der Waals surface area contributed by atoms with Crippen LogP contribution in [0.15, 0.2) is 0 Å². The van der Waals surface area contributed by atoms with Crippen LogP contribution >= 0.6 is 0 Å². The summed E-state index contributed by atoms with van der Waals surface area (Å²) in [5, 5.41) is 22.6. The first-order valence-corrected chi connectivity index (χ1v) is 5.84. The number of amides is 1. The van der Waals surface area contributed by atoms with Crippen LogP contribution in [0.25, 0.3) is 0 Å². The fraction of sp³-hybridized carbons (Fsp3) is 0.700. The normalized spacial score (nSPS) is 23.6. The Bertz CT molecular complexity index is 450. The maximum atomic E-state index is 11.9. The first-order chi connectivity index (χ1) is 8.56. The number of tetrazole rings is 1. The molecule has 8 heteroatoms. The number of nitrogens with one attached hydrogen (secondary N) is 1. The number of aromatic nitrogens is 4. The van der Waals surface area contributed by atoms with Crippen LogP contribution < -0.4 is 5.32 Å². The summed E-state index contributed by atoms with van der Waals surface area (Å²) in [6, 6.07) is 0. The average Bonchev–Trinajstić information content (AvgIpc) is 2.75. The highest BCUT2D eigenvalue weighted by atomic mass is 16.4. The van der Waals surface area contributed by atoms with Crippen LogP contribution in [0.5, 0.6) is 0 Å². The Morgan fingerprint density at radius 1 is 1.28 bits per heavy atom. The lowest BCUT2D eigenvalue weighted by atomic mass is 9.81. The second kappa shape index (κ2) is 5.11. The molecule has 2 rings (SSSR count). The molecule has 18 heavy (non-hydrogen) atoms. The van der Waals surface area contributed by atoms with Gasteiger partial charge in [-0.15, -0.1) is 5.10 Å². The molecule has 1 aliphatic rings. The van der Waals surface area contributed by atoms with Gasteiger partial charge in [-0.1, -0.05) is 5.10 Å². The largest absolute Gasteiger partial charge is 0.481 e. The summed E-state index contributed by atoms with van der Waals surface area (Å²) < 4.78 is 0. The van der Waals surface area contributed by atoms with E-state index in [-0.39, 0.29) is 23.7 Å². The number of rotatable bonds is 3. The van der Waals surface area contributed by atoms with E-state index in [1.807, 2.05) is 0 Å². The Morgan fingerprint density at radius 2 is 1.89 bits per heavy atom. The number of carboxylic acids is 1. The molecule has 1 heterocycles. The molecule has 98 valence electrons. The zero-order chi connectivity index (χ0) is 13.1. The number of hydrogen-bond donors (Lipinski definition) is 2. The molecule has 0 radical (unpaired) electrons. The molecule has 1 aromatic rings. The van der Waals surface area contributed by atoms with Gasteiger partial charge in [0.1, 0.15) is 0 Å². The van der Waals surface area contributed by atoms with Gasteiger partial charge in [0.15, 0.2) is 0 Å². The molecule has 1 amide bonds. The molecular weight excluding hydrogens is 238 g/mol. The molecule has 1 aromatic heterocycles. The van der Waals surface area contributed by atoms with E-state index < -0.39 is 5.97 Å². The van der Waals surface area contributed by atoms with Crippen molar-refractivity contribution in [1.29, 1.82) is 0 Å². The highest BCUT2D eigenvalue weighted by Crippen LogP contribution is 2.29. The van der Waals surface area contributed by atoms with Gasteiger partial charge >= 0.3 is 5.97 Å². The minimum atomic E-state index is -0.774. The Labute approximate surface area is 103 Å². The maximum absolute atomic E-state index is 11.9. The van der Waals surface area contributed by atoms with Gasteiger partial charge in [0, 0.05) is 5.92 Å². The van der Waals surface area contributed by atoms with Crippen molar-refractivity contribution in [1.82, 2.24) is 20.2 Å². The van der Waals surface area contributed by atoms with E-state index in [0.29, 0.717) is 25.7 Å². The summed E-state index contributed by atoms with van der Waals surface area (Å²) in [6.45, 7) is 0. The third-order valence-electron chi connectivity index (χ3n) is 3.19.